The molecule has 0 saturated carbocycles. The molecule has 1 aliphatic heterocycles. The van der Waals surface area contributed by atoms with Crippen LogP contribution in [0.2, 0.25) is 0 Å². The van der Waals surface area contributed by atoms with Crippen LogP contribution in [0.15, 0.2) is 88.8 Å². The molecule has 1 aliphatic rings. The van der Waals surface area contributed by atoms with Crippen molar-refractivity contribution in [1.29, 1.82) is 0 Å². The second-order valence-electron chi connectivity index (χ2n) is 9.02. The van der Waals surface area contributed by atoms with Crippen molar-refractivity contribution in [2.24, 2.45) is 0 Å². The summed E-state index contributed by atoms with van der Waals surface area (Å²) in [6, 6.07) is 20.8. The Morgan fingerprint density at radius 1 is 1.05 bits per heavy atom. The average Bonchev–Trinajstić information content (AvgIpc) is 3.57. The monoisotopic (exact) mass is 588 g/mol. The minimum Gasteiger partial charge on any atom is -0.507 e. The molecule has 10 nitrogen and oxygen atoms in total. The Labute approximate surface area is 243 Å². The number of rotatable bonds is 10. The van der Waals surface area contributed by atoms with Crippen LogP contribution >= 0.6 is 23.1 Å². The van der Waals surface area contributed by atoms with Crippen molar-refractivity contribution in [3.05, 3.63) is 111 Å². The highest BCUT2D eigenvalue weighted by atomic mass is 32.2. The van der Waals surface area contributed by atoms with Gasteiger partial charge in [-0.05, 0) is 53.9 Å². The number of benzene rings is 3. The summed E-state index contributed by atoms with van der Waals surface area (Å²) in [5.41, 5.74) is 1.50. The number of carbonyl (C=O) groups is 2. The maximum Gasteiger partial charge on any atom is 0.301 e. The van der Waals surface area contributed by atoms with Gasteiger partial charge in [0.2, 0.25) is 5.13 Å². The Bertz CT molecular complexity index is 1600. The molecule has 4 aromatic rings. The highest BCUT2D eigenvalue weighted by Crippen LogP contribution is 2.44. The molecule has 1 fully saturated rings. The van der Waals surface area contributed by atoms with Crippen molar-refractivity contribution in [2.75, 3.05) is 11.5 Å². The zero-order valence-corrected chi connectivity index (χ0v) is 23.4. The zero-order valence-electron chi connectivity index (χ0n) is 21.8. The highest BCUT2D eigenvalue weighted by molar-refractivity contribution is 8.00. The standard InChI is InChI=1S/C29H24N4O6S2/c1-2-16-39-22-14-10-20(11-15-22)25(34)23-24(19-8-12-21(13-9-19)33(37)38)32(27(36)26(23)35)28-30-31-29(41-28)40-17-18-6-4-3-5-7-18/h3-15,24,34H,2,16-17H2,1H3/b25-23+. The number of anilines is 1. The molecule has 0 radical (unpaired) electrons. The largest absolute Gasteiger partial charge is 0.507 e. The van der Waals surface area contributed by atoms with Gasteiger partial charge in [0.25, 0.3) is 11.5 Å². The second-order valence-corrected chi connectivity index (χ2v) is 11.2. The Kier molecular flexibility index (Phi) is 8.41. The average molecular weight is 589 g/mol. The molecule has 1 atom stereocenters. The number of carbonyl (C=O) groups excluding carboxylic acids is 2. The lowest BCUT2D eigenvalue weighted by Gasteiger charge is -2.22. The molecule has 208 valence electrons. The van der Waals surface area contributed by atoms with Gasteiger partial charge in [0.1, 0.15) is 11.5 Å². The lowest BCUT2D eigenvalue weighted by atomic mass is 9.95. The summed E-state index contributed by atoms with van der Waals surface area (Å²) in [5.74, 6) is -0.915. The van der Waals surface area contributed by atoms with Gasteiger partial charge in [0.15, 0.2) is 4.34 Å². The normalized spacial score (nSPS) is 16.2. The summed E-state index contributed by atoms with van der Waals surface area (Å²) in [6.45, 7) is 2.52. The van der Waals surface area contributed by atoms with Gasteiger partial charge in [-0.3, -0.25) is 24.6 Å². The van der Waals surface area contributed by atoms with Crippen LogP contribution in [0.4, 0.5) is 10.8 Å². The Morgan fingerprint density at radius 2 is 1.76 bits per heavy atom. The van der Waals surface area contributed by atoms with Gasteiger partial charge < -0.3 is 9.84 Å². The Hall–Kier alpha value is -4.55. The molecule has 12 heteroatoms. The van der Waals surface area contributed by atoms with E-state index in [2.05, 4.69) is 10.2 Å². The molecular formula is C29H24N4O6S2. The van der Waals surface area contributed by atoms with Gasteiger partial charge >= 0.3 is 5.91 Å². The first-order chi connectivity index (χ1) is 19.9. The molecule has 1 unspecified atom stereocenters. The van der Waals surface area contributed by atoms with E-state index in [9.17, 15) is 24.8 Å². The smallest absolute Gasteiger partial charge is 0.301 e. The number of aliphatic hydroxyl groups excluding tert-OH is 1. The lowest BCUT2D eigenvalue weighted by molar-refractivity contribution is -0.384. The van der Waals surface area contributed by atoms with E-state index in [1.165, 1.54) is 40.9 Å². The maximum absolute atomic E-state index is 13.4. The molecule has 3 aromatic carbocycles. The number of hydrogen-bond acceptors (Lipinski definition) is 10. The van der Waals surface area contributed by atoms with E-state index >= 15 is 0 Å². The van der Waals surface area contributed by atoms with E-state index in [0.29, 0.717) is 33.6 Å². The number of thioether (sulfide) groups is 1. The van der Waals surface area contributed by atoms with Gasteiger partial charge in [0.05, 0.1) is 23.1 Å². The van der Waals surface area contributed by atoms with Gasteiger partial charge in [-0.1, -0.05) is 60.4 Å². The number of nitro benzene ring substituents is 1. The minimum atomic E-state index is -1.08. The summed E-state index contributed by atoms with van der Waals surface area (Å²) < 4.78 is 6.20. The highest BCUT2D eigenvalue weighted by Gasteiger charge is 2.48. The predicted molar refractivity (Wildman–Crippen MR) is 156 cm³/mol. The van der Waals surface area contributed by atoms with Crippen molar-refractivity contribution in [3.8, 4) is 5.75 Å². The summed E-state index contributed by atoms with van der Waals surface area (Å²) in [5, 5.41) is 31.2. The van der Waals surface area contributed by atoms with E-state index in [0.717, 1.165) is 23.3 Å². The van der Waals surface area contributed by atoms with E-state index in [-0.39, 0.29) is 22.2 Å². The molecule has 5 rings (SSSR count). The van der Waals surface area contributed by atoms with Crippen LogP contribution < -0.4 is 9.64 Å². The van der Waals surface area contributed by atoms with Crippen LogP contribution in [0.5, 0.6) is 5.75 Å². The van der Waals surface area contributed by atoms with Crippen LogP contribution in [0.25, 0.3) is 5.76 Å². The topological polar surface area (TPSA) is 136 Å². The molecule has 1 aromatic heterocycles. The number of aliphatic hydroxyl groups is 1. The predicted octanol–water partition coefficient (Wildman–Crippen LogP) is 6.15. The SMILES string of the molecule is CCCOc1ccc(/C(O)=C2\C(=O)C(=O)N(c3nnc(SCc4ccccc4)s3)C2c2ccc([N+](=O)[O-])cc2)cc1. The van der Waals surface area contributed by atoms with Crippen molar-refractivity contribution < 1.29 is 24.4 Å². The first-order valence-corrected chi connectivity index (χ1v) is 14.5. The van der Waals surface area contributed by atoms with Crippen molar-refractivity contribution in [1.82, 2.24) is 10.2 Å². The van der Waals surface area contributed by atoms with Crippen LogP contribution in [-0.4, -0.2) is 38.5 Å². The summed E-state index contributed by atoms with van der Waals surface area (Å²) in [6.07, 6.45) is 0.832. The maximum atomic E-state index is 13.4. The zero-order chi connectivity index (χ0) is 28.9. The van der Waals surface area contributed by atoms with E-state index in [1.807, 2.05) is 37.3 Å². The van der Waals surface area contributed by atoms with E-state index in [1.54, 1.807) is 24.3 Å². The molecular weight excluding hydrogens is 564 g/mol. The third-order valence-electron chi connectivity index (χ3n) is 6.27. The lowest BCUT2D eigenvalue weighted by Crippen LogP contribution is -2.29. The van der Waals surface area contributed by atoms with Gasteiger partial charge in [-0.15, -0.1) is 10.2 Å². The number of aromatic nitrogens is 2. The van der Waals surface area contributed by atoms with E-state index in [4.69, 9.17) is 4.74 Å². The number of amides is 1. The number of nitrogens with zero attached hydrogens (tertiary/aromatic N) is 4. The second kappa shape index (κ2) is 12.3. The Balaban J connectivity index is 1.53. The third-order valence-corrected chi connectivity index (χ3v) is 8.40. The Morgan fingerprint density at radius 3 is 2.41 bits per heavy atom. The fourth-order valence-electron chi connectivity index (χ4n) is 4.29. The number of non-ortho nitro benzene ring substituents is 1. The van der Waals surface area contributed by atoms with Crippen LogP contribution in [0.1, 0.15) is 36.1 Å². The number of hydrogen-bond donors (Lipinski definition) is 1. The minimum absolute atomic E-state index is 0.149. The molecule has 1 amide bonds. The van der Waals surface area contributed by atoms with Gasteiger partial charge in [0, 0.05) is 23.4 Å². The van der Waals surface area contributed by atoms with Gasteiger partial charge in [-0.25, -0.2) is 0 Å². The van der Waals surface area contributed by atoms with Crippen LogP contribution in [0, 0.1) is 10.1 Å². The van der Waals surface area contributed by atoms with Crippen LogP contribution in [0.3, 0.4) is 0 Å². The number of nitro groups is 1. The first-order valence-electron chi connectivity index (χ1n) is 12.7. The molecule has 1 N–H and O–H groups in total. The summed E-state index contributed by atoms with van der Waals surface area (Å²) >= 11 is 2.59. The third kappa shape index (κ3) is 5.98. The number of ketones is 1. The van der Waals surface area contributed by atoms with Crippen molar-refractivity contribution in [3.63, 3.8) is 0 Å². The quantitative estimate of drug-likeness (QED) is 0.0440. The molecule has 1 saturated heterocycles. The van der Waals surface area contributed by atoms with Crippen molar-refractivity contribution in [2.45, 2.75) is 29.5 Å². The first kappa shape index (κ1) is 28.0. The van der Waals surface area contributed by atoms with Gasteiger partial charge in [-0.2, -0.15) is 0 Å². The number of Topliss-reactive ketones (excluding diaryl/α,β-unsaturated/α-hetero) is 1. The van der Waals surface area contributed by atoms with Crippen LogP contribution in [-0.2, 0) is 15.3 Å². The molecule has 2 heterocycles. The van der Waals surface area contributed by atoms with Crippen molar-refractivity contribution >= 4 is 51.4 Å². The fraction of sp³-hybridized carbons (Fsp3) is 0.172. The molecule has 0 aliphatic carbocycles. The molecule has 0 spiro atoms. The molecule has 41 heavy (non-hydrogen) atoms. The number of ether oxygens (including phenoxy) is 1. The molecule has 0 bridgehead atoms. The summed E-state index contributed by atoms with van der Waals surface area (Å²) in [4.78, 5) is 38.7. The van der Waals surface area contributed by atoms with E-state index < -0.39 is 22.7 Å². The fourth-order valence-corrected chi connectivity index (χ4v) is 6.11. The summed E-state index contributed by atoms with van der Waals surface area (Å²) in [7, 11) is 0.